The first kappa shape index (κ1) is 11.8. The van der Waals surface area contributed by atoms with Crippen LogP contribution in [0.4, 0.5) is 0 Å². The molecular formula is C6H12N2O5. The Hall–Kier alpha value is -1.24. The van der Waals surface area contributed by atoms with Gasteiger partial charge in [0.25, 0.3) is 0 Å². The summed E-state index contributed by atoms with van der Waals surface area (Å²) in [6.07, 6.45) is -0.268. The fourth-order valence-corrected chi connectivity index (χ4v) is 1.14. The summed E-state index contributed by atoms with van der Waals surface area (Å²) < 4.78 is 0. The van der Waals surface area contributed by atoms with Crippen LogP contribution >= 0.6 is 0 Å². The molecule has 0 rings (SSSR count). The predicted octanol–water partition coefficient (Wildman–Crippen LogP) is 0.419. The third-order valence-corrected chi connectivity index (χ3v) is 1.84. The van der Waals surface area contributed by atoms with Crippen LogP contribution in [0, 0.1) is 20.2 Å². The number of hydrogen-bond donors (Lipinski definition) is 1. The lowest BCUT2D eigenvalue weighted by Gasteiger charge is -2.14. The third-order valence-electron chi connectivity index (χ3n) is 1.84. The lowest BCUT2D eigenvalue weighted by molar-refractivity contribution is -0.799. The molecule has 0 aliphatic carbocycles. The largest absolute Gasteiger partial charge is 0.460 e. The molecule has 0 radical (unpaired) electrons. The summed E-state index contributed by atoms with van der Waals surface area (Å²) in [5, 5.41) is 29.5. The van der Waals surface area contributed by atoms with E-state index in [2.05, 4.69) is 0 Å². The first-order valence-corrected chi connectivity index (χ1v) is 3.91. The molecule has 7 heteroatoms. The molecule has 0 fully saturated rings. The normalized spacial score (nSPS) is 11.2. The van der Waals surface area contributed by atoms with E-state index in [0.717, 1.165) is 0 Å². The number of aliphatic hydroxyl groups excluding tert-OH is 1. The molecule has 13 heavy (non-hydrogen) atoms. The maximum Gasteiger partial charge on any atom is 0.460 e. The molecule has 0 amide bonds. The Morgan fingerprint density at radius 2 is 1.69 bits per heavy atom. The van der Waals surface area contributed by atoms with Gasteiger partial charge in [-0.25, -0.2) is 0 Å². The molecule has 0 atom stereocenters. The van der Waals surface area contributed by atoms with Gasteiger partial charge < -0.3 is 5.11 Å². The molecule has 0 saturated carbocycles. The van der Waals surface area contributed by atoms with E-state index in [1.165, 1.54) is 0 Å². The predicted molar refractivity (Wildman–Crippen MR) is 43.3 cm³/mol. The minimum Gasteiger partial charge on any atom is -0.396 e. The van der Waals surface area contributed by atoms with Crippen LogP contribution in [0.15, 0.2) is 0 Å². The van der Waals surface area contributed by atoms with Gasteiger partial charge in [-0.3, -0.25) is 20.2 Å². The molecule has 1 N–H and O–H groups in total. The van der Waals surface area contributed by atoms with Gasteiger partial charge in [-0.1, -0.05) is 6.92 Å². The Kier molecular flexibility index (Phi) is 4.26. The third kappa shape index (κ3) is 2.35. The molecule has 76 valence electrons. The van der Waals surface area contributed by atoms with Crippen LogP contribution in [0.1, 0.15) is 26.2 Å². The Bertz CT molecular complexity index is 183. The van der Waals surface area contributed by atoms with E-state index in [1.807, 2.05) is 0 Å². The molecule has 0 aromatic carbocycles. The number of rotatable bonds is 6. The summed E-state index contributed by atoms with van der Waals surface area (Å²) in [6.45, 7) is 1.07. The van der Waals surface area contributed by atoms with Crippen LogP contribution < -0.4 is 0 Å². The smallest absolute Gasteiger partial charge is 0.396 e. The van der Waals surface area contributed by atoms with Gasteiger partial charge in [0.05, 0.1) is 22.9 Å². The molecule has 0 aromatic heterocycles. The maximum atomic E-state index is 10.5. The number of hydrogen-bond acceptors (Lipinski definition) is 5. The number of nitrogens with zero attached hydrogens (tertiary/aromatic N) is 2. The highest BCUT2D eigenvalue weighted by Gasteiger charge is 2.54. The Labute approximate surface area is 74.7 Å². The van der Waals surface area contributed by atoms with Crippen LogP contribution in [0.5, 0.6) is 0 Å². The highest BCUT2D eigenvalue weighted by molar-refractivity contribution is 4.65. The second kappa shape index (κ2) is 4.70. The van der Waals surface area contributed by atoms with Gasteiger partial charge in [0.2, 0.25) is 0 Å². The molecule has 0 aromatic rings. The summed E-state index contributed by atoms with van der Waals surface area (Å²) in [5.74, 6) is 0. The lowest BCUT2D eigenvalue weighted by atomic mass is 10.0. The van der Waals surface area contributed by atoms with Gasteiger partial charge in [0, 0.05) is 0 Å². The molecule has 0 unspecified atom stereocenters. The van der Waals surface area contributed by atoms with E-state index < -0.39 is 28.5 Å². The van der Waals surface area contributed by atoms with Crippen molar-refractivity contribution in [1.29, 1.82) is 0 Å². The average molecular weight is 192 g/mol. The van der Waals surface area contributed by atoms with Gasteiger partial charge in [-0.2, -0.15) is 0 Å². The molecular weight excluding hydrogens is 180 g/mol. The van der Waals surface area contributed by atoms with Gasteiger partial charge in [-0.05, 0) is 6.42 Å². The van der Waals surface area contributed by atoms with Crippen molar-refractivity contribution in [3.8, 4) is 0 Å². The van der Waals surface area contributed by atoms with Crippen molar-refractivity contribution in [2.24, 2.45) is 0 Å². The topological polar surface area (TPSA) is 107 Å². The van der Waals surface area contributed by atoms with Crippen LogP contribution in [-0.4, -0.2) is 27.2 Å². The number of nitro groups is 2. The monoisotopic (exact) mass is 192 g/mol. The van der Waals surface area contributed by atoms with Crippen molar-refractivity contribution in [3.05, 3.63) is 20.2 Å². The Morgan fingerprint density at radius 3 is 1.92 bits per heavy atom. The van der Waals surface area contributed by atoms with E-state index in [-0.39, 0.29) is 6.42 Å². The van der Waals surface area contributed by atoms with Crippen LogP contribution in [0.25, 0.3) is 0 Å². The Balaban J connectivity index is 4.80. The molecule has 7 nitrogen and oxygen atoms in total. The van der Waals surface area contributed by atoms with Crippen LogP contribution in [-0.2, 0) is 0 Å². The summed E-state index contributed by atoms with van der Waals surface area (Å²) in [7, 11) is 0. The molecule has 0 aliphatic rings. The quantitative estimate of drug-likeness (QED) is 0.372. The van der Waals surface area contributed by atoms with Crippen LogP contribution in [0.3, 0.4) is 0 Å². The molecule has 0 saturated heterocycles. The zero-order chi connectivity index (χ0) is 10.5. The van der Waals surface area contributed by atoms with E-state index in [1.54, 1.807) is 6.92 Å². The highest BCUT2D eigenvalue weighted by Crippen LogP contribution is 2.21. The van der Waals surface area contributed by atoms with Crippen molar-refractivity contribution in [2.75, 3.05) is 6.61 Å². The summed E-state index contributed by atoms with van der Waals surface area (Å²) >= 11 is 0. The highest BCUT2D eigenvalue weighted by atomic mass is 16.7. The first-order chi connectivity index (χ1) is 6.01. The van der Waals surface area contributed by atoms with Gasteiger partial charge in [0.15, 0.2) is 0 Å². The van der Waals surface area contributed by atoms with Gasteiger partial charge in [-0.15, -0.1) is 0 Å². The summed E-state index contributed by atoms with van der Waals surface area (Å²) in [5.41, 5.74) is -2.20. The minimum atomic E-state index is -2.20. The average Bonchev–Trinajstić information content (AvgIpc) is 2.03. The molecule has 0 aliphatic heterocycles. The standard InChI is InChI=1S/C6H12N2O5/c1-2-3-6(4-5-9,7(10)11)8(12)13/h9H,2-5H2,1H3. The van der Waals surface area contributed by atoms with Crippen molar-refractivity contribution in [3.63, 3.8) is 0 Å². The zero-order valence-corrected chi connectivity index (χ0v) is 7.30. The van der Waals surface area contributed by atoms with Gasteiger partial charge in [0.1, 0.15) is 6.42 Å². The maximum absolute atomic E-state index is 10.5. The van der Waals surface area contributed by atoms with E-state index in [9.17, 15) is 20.2 Å². The van der Waals surface area contributed by atoms with E-state index in [4.69, 9.17) is 5.11 Å². The first-order valence-electron chi connectivity index (χ1n) is 3.91. The summed E-state index contributed by atoms with van der Waals surface area (Å²) in [6, 6.07) is 0. The minimum absolute atomic E-state index is 0.159. The zero-order valence-electron chi connectivity index (χ0n) is 7.30. The Morgan fingerprint density at radius 1 is 1.23 bits per heavy atom. The molecule has 0 bridgehead atoms. The second-order valence-corrected chi connectivity index (χ2v) is 2.72. The SMILES string of the molecule is CCCC(CCO)([N+](=O)[O-])[N+](=O)[O-]. The van der Waals surface area contributed by atoms with Gasteiger partial charge >= 0.3 is 5.66 Å². The van der Waals surface area contributed by atoms with Crippen molar-refractivity contribution < 1.29 is 15.0 Å². The lowest BCUT2D eigenvalue weighted by Crippen LogP contribution is -2.46. The molecule has 0 heterocycles. The second-order valence-electron chi connectivity index (χ2n) is 2.72. The van der Waals surface area contributed by atoms with Crippen molar-refractivity contribution >= 4 is 0 Å². The molecule has 0 spiro atoms. The van der Waals surface area contributed by atoms with Crippen LogP contribution in [0.2, 0.25) is 0 Å². The van der Waals surface area contributed by atoms with Crippen molar-refractivity contribution in [1.82, 2.24) is 0 Å². The summed E-state index contributed by atoms with van der Waals surface area (Å²) in [4.78, 5) is 19.1. The van der Waals surface area contributed by atoms with E-state index in [0.29, 0.717) is 6.42 Å². The number of aliphatic hydroxyl groups is 1. The fourth-order valence-electron chi connectivity index (χ4n) is 1.14. The fraction of sp³-hybridized carbons (Fsp3) is 1.00. The van der Waals surface area contributed by atoms with E-state index >= 15 is 0 Å². The van der Waals surface area contributed by atoms with Crippen molar-refractivity contribution in [2.45, 2.75) is 31.8 Å².